The van der Waals surface area contributed by atoms with Gasteiger partial charge in [-0.3, -0.25) is 4.79 Å². The maximum absolute atomic E-state index is 11.7. The lowest BCUT2D eigenvalue weighted by Gasteiger charge is -2.00. The van der Waals surface area contributed by atoms with Crippen LogP contribution in [0.25, 0.3) is 0 Å². The number of allylic oxidation sites excluding steroid dienone is 1. The largest absolute Gasteiger partial charge is 0.429 e. The summed E-state index contributed by atoms with van der Waals surface area (Å²) in [6.07, 6.45) is 12.8. The molecule has 0 N–H and O–H groups in total. The van der Waals surface area contributed by atoms with Gasteiger partial charge >= 0.3 is 5.97 Å². The van der Waals surface area contributed by atoms with Gasteiger partial charge in [0.15, 0.2) is 0 Å². The molecule has 0 aliphatic carbocycles. The Morgan fingerprint density at radius 3 is 2.27 bits per heavy atom. The Morgan fingerprint density at radius 2 is 1.59 bits per heavy atom. The van der Waals surface area contributed by atoms with Crippen LogP contribution in [-0.4, -0.2) is 11.8 Å². The number of benzene rings is 1. The topological polar surface area (TPSA) is 43.4 Å². The highest BCUT2D eigenvalue weighted by molar-refractivity contribution is 6.40. The van der Waals surface area contributed by atoms with Crippen molar-refractivity contribution in [3.05, 3.63) is 48.2 Å². The van der Waals surface area contributed by atoms with E-state index in [1.165, 1.54) is 44.8 Å². The molecule has 0 spiro atoms. The Balaban J connectivity index is 2.10. The summed E-state index contributed by atoms with van der Waals surface area (Å²) in [6, 6.07) is 8.44. The monoisotopic (exact) mass is 302 g/mol. The number of esters is 1. The smallest absolute Gasteiger partial charge is 0.384 e. The number of rotatable bonds is 11. The summed E-state index contributed by atoms with van der Waals surface area (Å²) in [5, 5.41) is 0. The number of Topliss-reactive ketones (excluding diaryl/α,β-unsaturated/α-hetero) is 1. The van der Waals surface area contributed by atoms with Crippen molar-refractivity contribution in [3.8, 4) is 0 Å². The second-order valence-electron chi connectivity index (χ2n) is 5.38. The Morgan fingerprint density at radius 1 is 0.955 bits per heavy atom. The molecule has 0 saturated heterocycles. The van der Waals surface area contributed by atoms with Crippen molar-refractivity contribution in [2.75, 3.05) is 0 Å². The average Bonchev–Trinajstić information content (AvgIpc) is 2.56. The first-order valence-corrected chi connectivity index (χ1v) is 8.21. The van der Waals surface area contributed by atoms with Crippen LogP contribution in [0.3, 0.4) is 0 Å². The molecule has 0 saturated carbocycles. The molecule has 1 aromatic carbocycles. The van der Waals surface area contributed by atoms with Gasteiger partial charge in [0.25, 0.3) is 5.78 Å². The fourth-order valence-electron chi connectivity index (χ4n) is 2.16. The average molecular weight is 302 g/mol. The molecule has 1 rings (SSSR count). The van der Waals surface area contributed by atoms with Crippen molar-refractivity contribution < 1.29 is 14.3 Å². The van der Waals surface area contributed by atoms with Crippen LogP contribution in [0.1, 0.15) is 68.6 Å². The van der Waals surface area contributed by atoms with Crippen LogP contribution in [0.2, 0.25) is 0 Å². The van der Waals surface area contributed by atoms with Crippen LogP contribution in [-0.2, 0) is 9.53 Å². The molecule has 0 aromatic heterocycles. The highest BCUT2D eigenvalue weighted by Gasteiger charge is 2.16. The van der Waals surface area contributed by atoms with E-state index in [-0.39, 0.29) is 0 Å². The van der Waals surface area contributed by atoms with Crippen molar-refractivity contribution in [2.45, 2.75) is 58.3 Å². The minimum atomic E-state index is -0.831. The minimum Gasteiger partial charge on any atom is -0.429 e. The molecule has 0 heterocycles. The molecule has 22 heavy (non-hydrogen) atoms. The van der Waals surface area contributed by atoms with E-state index in [0.717, 1.165) is 12.8 Å². The van der Waals surface area contributed by atoms with Gasteiger partial charge in [-0.1, -0.05) is 75.8 Å². The molecule has 0 aliphatic heterocycles. The van der Waals surface area contributed by atoms with Crippen LogP contribution in [0.15, 0.2) is 42.7 Å². The van der Waals surface area contributed by atoms with Crippen molar-refractivity contribution in [1.29, 1.82) is 0 Å². The maximum atomic E-state index is 11.7. The van der Waals surface area contributed by atoms with Crippen LogP contribution in [0, 0.1) is 0 Å². The fraction of sp³-hybridized carbons (Fsp3) is 0.474. The van der Waals surface area contributed by atoms with E-state index in [9.17, 15) is 9.59 Å². The highest BCUT2D eigenvalue weighted by atomic mass is 16.5. The first-order chi connectivity index (χ1) is 10.8. The molecule has 0 aliphatic rings. The summed E-state index contributed by atoms with van der Waals surface area (Å²) in [6.45, 7) is 2.22. The second-order valence-corrected chi connectivity index (χ2v) is 5.38. The van der Waals surface area contributed by atoms with E-state index in [1.54, 1.807) is 30.3 Å². The van der Waals surface area contributed by atoms with E-state index in [1.807, 2.05) is 6.08 Å². The van der Waals surface area contributed by atoms with Crippen LogP contribution >= 0.6 is 0 Å². The lowest BCUT2D eigenvalue weighted by atomic mass is 10.1. The minimum absolute atomic E-state index is 0.355. The Labute approximate surface area is 133 Å². The lowest BCUT2D eigenvalue weighted by Crippen LogP contribution is -2.14. The normalized spacial score (nSPS) is 10.8. The fourth-order valence-corrected chi connectivity index (χ4v) is 2.16. The molecule has 0 atom stereocenters. The van der Waals surface area contributed by atoms with E-state index in [4.69, 9.17) is 4.74 Å². The van der Waals surface area contributed by atoms with Gasteiger partial charge in [0.2, 0.25) is 0 Å². The maximum Gasteiger partial charge on any atom is 0.384 e. The molecular formula is C19H26O3. The molecule has 0 radical (unpaired) electrons. The first-order valence-electron chi connectivity index (χ1n) is 8.21. The van der Waals surface area contributed by atoms with Crippen molar-refractivity contribution in [1.82, 2.24) is 0 Å². The standard InChI is InChI=1S/C19H26O3/c1-2-3-4-5-6-7-8-9-13-16-22-19(21)18(20)17-14-11-10-12-15-17/h10-16H,2-9H2,1H3. The Bertz CT molecular complexity index is 463. The van der Waals surface area contributed by atoms with Crippen molar-refractivity contribution in [2.24, 2.45) is 0 Å². The van der Waals surface area contributed by atoms with E-state index >= 15 is 0 Å². The molecule has 0 unspecified atom stereocenters. The van der Waals surface area contributed by atoms with Gasteiger partial charge in [-0.2, -0.15) is 0 Å². The Kier molecular flexibility index (Phi) is 9.67. The molecular weight excluding hydrogens is 276 g/mol. The van der Waals surface area contributed by atoms with Crippen molar-refractivity contribution >= 4 is 11.8 Å². The quantitative estimate of drug-likeness (QED) is 0.188. The molecule has 120 valence electrons. The predicted molar refractivity (Wildman–Crippen MR) is 88.6 cm³/mol. The van der Waals surface area contributed by atoms with Gasteiger partial charge in [0, 0.05) is 5.56 Å². The summed E-state index contributed by atoms with van der Waals surface area (Å²) in [7, 11) is 0. The molecule has 0 bridgehead atoms. The third-order valence-corrected chi connectivity index (χ3v) is 3.47. The van der Waals surface area contributed by atoms with Gasteiger partial charge in [0.05, 0.1) is 6.26 Å². The number of hydrogen-bond donors (Lipinski definition) is 0. The number of ether oxygens (including phenoxy) is 1. The predicted octanol–water partition coefficient (Wildman–Crippen LogP) is 5.07. The molecule has 3 nitrogen and oxygen atoms in total. The summed E-state index contributed by atoms with van der Waals surface area (Å²) in [4.78, 5) is 23.3. The lowest BCUT2D eigenvalue weighted by molar-refractivity contribution is -0.132. The SMILES string of the molecule is CCCCCCCCCC=COC(=O)C(=O)c1ccccc1. The van der Waals surface area contributed by atoms with Gasteiger partial charge < -0.3 is 4.74 Å². The highest BCUT2D eigenvalue weighted by Crippen LogP contribution is 2.08. The third kappa shape index (κ3) is 7.77. The molecule has 1 aromatic rings. The zero-order valence-corrected chi connectivity index (χ0v) is 13.4. The third-order valence-electron chi connectivity index (χ3n) is 3.47. The molecule has 3 heteroatoms. The number of carbonyl (C=O) groups excluding carboxylic acids is 2. The summed E-state index contributed by atoms with van der Waals surface area (Å²) in [5.74, 6) is -1.44. The van der Waals surface area contributed by atoms with E-state index < -0.39 is 11.8 Å². The van der Waals surface area contributed by atoms with E-state index in [0.29, 0.717) is 5.56 Å². The van der Waals surface area contributed by atoms with Crippen LogP contribution in [0.5, 0.6) is 0 Å². The molecule has 0 fully saturated rings. The second kappa shape index (κ2) is 11.7. The summed E-state index contributed by atoms with van der Waals surface area (Å²) < 4.78 is 4.85. The zero-order valence-electron chi connectivity index (χ0n) is 13.4. The Hall–Kier alpha value is -1.90. The summed E-state index contributed by atoms with van der Waals surface area (Å²) >= 11 is 0. The van der Waals surface area contributed by atoms with Crippen LogP contribution < -0.4 is 0 Å². The number of hydrogen-bond acceptors (Lipinski definition) is 3. The van der Waals surface area contributed by atoms with Crippen molar-refractivity contribution in [3.63, 3.8) is 0 Å². The first kappa shape index (κ1) is 18.1. The number of unbranched alkanes of at least 4 members (excludes halogenated alkanes) is 7. The van der Waals surface area contributed by atoms with Gasteiger partial charge in [-0.05, 0) is 18.9 Å². The van der Waals surface area contributed by atoms with Gasteiger partial charge in [-0.25, -0.2) is 4.79 Å². The molecule has 0 amide bonds. The summed E-state index contributed by atoms with van der Waals surface area (Å²) in [5.41, 5.74) is 0.355. The zero-order chi connectivity index (χ0) is 16.0. The van der Waals surface area contributed by atoms with E-state index in [2.05, 4.69) is 6.92 Å². The van der Waals surface area contributed by atoms with Gasteiger partial charge in [-0.15, -0.1) is 0 Å². The number of ketones is 1. The van der Waals surface area contributed by atoms with Gasteiger partial charge in [0.1, 0.15) is 0 Å². The van der Waals surface area contributed by atoms with Crippen LogP contribution in [0.4, 0.5) is 0 Å². The number of carbonyl (C=O) groups is 2.